The Morgan fingerprint density at radius 3 is 1.41 bits per heavy atom. The van der Waals surface area contributed by atoms with Gasteiger partial charge in [0.1, 0.15) is 30.9 Å². The first-order valence-corrected chi connectivity index (χ1v) is 25.3. The number of aryl methyl sites for hydroxylation is 2. The van der Waals surface area contributed by atoms with E-state index < -0.39 is 36.0 Å². The number of furan rings is 1. The van der Waals surface area contributed by atoms with E-state index in [0.717, 1.165) is 33.2 Å². The Kier molecular flexibility index (Phi) is 24.5. The zero-order valence-electron chi connectivity index (χ0n) is 42.5. The van der Waals surface area contributed by atoms with Crippen LogP contribution in [-0.4, -0.2) is 135 Å². The molecule has 1 aliphatic rings. The van der Waals surface area contributed by atoms with Gasteiger partial charge < -0.3 is 79.4 Å². The predicted molar refractivity (Wildman–Crippen MR) is 285 cm³/mol. The van der Waals surface area contributed by atoms with Gasteiger partial charge in [-0.1, -0.05) is 72.8 Å². The summed E-state index contributed by atoms with van der Waals surface area (Å²) < 4.78 is 16.5. The first kappa shape index (κ1) is 58.5. The summed E-state index contributed by atoms with van der Waals surface area (Å²) in [6, 6.07) is 28.4. The first-order chi connectivity index (χ1) is 36.3. The van der Waals surface area contributed by atoms with Gasteiger partial charge in [-0.15, -0.1) is 0 Å². The lowest BCUT2D eigenvalue weighted by atomic mass is 10.0. The van der Waals surface area contributed by atoms with Crippen LogP contribution >= 0.6 is 0 Å². The summed E-state index contributed by atoms with van der Waals surface area (Å²) in [4.78, 5) is 80.2. The minimum Gasteiger partial charge on any atom is -0.486 e. The molecule has 16 N–H and O–H groups in total. The van der Waals surface area contributed by atoms with Crippen molar-refractivity contribution in [1.82, 2.24) is 31.1 Å². The van der Waals surface area contributed by atoms with Crippen molar-refractivity contribution in [3.8, 4) is 11.5 Å². The Morgan fingerprint density at radius 1 is 0.507 bits per heavy atom. The maximum Gasteiger partial charge on any atom is 0.242 e. The molecule has 0 radical (unpaired) electrons. The lowest BCUT2D eigenvalue weighted by Crippen LogP contribution is -2.53. The number of hydrogen-bond acceptors (Lipinski definition) is 15. The molecule has 0 spiro atoms. The van der Waals surface area contributed by atoms with Crippen molar-refractivity contribution in [1.29, 1.82) is 0 Å². The third kappa shape index (κ3) is 19.4. The second-order valence-electron chi connectivity index (χ2n) is 17.9. The molecule has 0 bridgehead atoms. The van der Waals surface area contributed by atoms with Crippen LogP contribution in [0.15, 0.2) is 114 Å². The van der Waals surface area contributed by atoms with Gasteiger partial charge in [0, 0.05) is 70.8 Å². The highest BCUT2D eigenvalue weighted by Crippen LogP contribution is 2.30. The Labute approximate surface area is 437 Å². The molecule has 0 saturated heterocycles. The van der Waals surface area contributed by atoms with Crippen molar-refractivity contribution in [2.24, 2.45) is 34.4 Å². The average molecular weight is 1040 g/mol. The van der Waals surface area contributed by atoms with Crippen LogP contribution in [0.5, 0.6) is 11.5 Å². The maximum absolute atomic E-state index is 13.2. The maximum atomic E-state index is 13.2. The van der Waals surface area contributed by atoms with Crippen LogP contribution in [0.4, 0.5) is 0 Å². The number of rotatable bonds is 28. The number of nitrogens with two attached hydrogens (primary N) is 6. The van der Waals surface area contributed by atoms with Crippen molar-refractivity contribution in [3.05, 3.63) is 132 Å². The molecule has 6 rings (SSSR count). The number of nitrogens with one attached hydrogen (secondary N) is 4. The number of fused-ring (bicyclic) bond motifs is 2. The van der Waals surface area contributed by atoms with E-state index in [2.05, 4.69) is 21.3 Å². The Balaban J connectivity index is 0.000000277. The highest BCUT2D eigenvalue weighted by molar-refractivity contribution is 5.93. The number of amides is 6. The number of carbonyl (C=O) groups excluding carboxylic acids is 6. The smallest absolute Gasteiger partial charge is 0.242 e. The van der Waals surface area contributed by atoms with E-state index in [1.165, 1.54) is 9.80 Å². The van der Waals surface area contributed by atoms with Gasteiger partial charge in [0.2, 0.25) is 35.4 Å². The molecule has 0 saturated carbocycles. The number of nitrogens with zero attached hydrogens (tertiary/aromatic N) is 2. The van der Waals surface area contributed by atoms with Gasteiger partial charge >= 0.3 is 0 Å². The van der Waals surface area contributed by atoms with Crippen molar-refractivity contribution in [2.45, 2.75) is 75.8 Å². The molecule has 4 aromatic carbocycles. The molecule has 0 fully saturated rings. The molecular weight excluding hydrogens is 961 g/mol. The lowest BCUT2D eigenvalue weighted by molar-refractivity contribution is -0.135. The second kappa shape index (κ2) is 31.4. The molecule has 0 aliphatic carbocycles. The minimum absolute atomic E-state index is 0.205. The zero-order valence-corrected chi connectivity index (χ0v) is 42.5. The van der Waals surface area contributed by atoms with Crippen LogP contribution in [0.25, 0.3) is 11.0 Å². The van der Waals surface area contributed by atoms with E-state index in [4.69, 9.17) is 48.3 Å². The molecule has 1 aliphatic heterocycles. The van der Waals surface area contributed by atoms with E-state index in [0.29, 0.717) is 76.6 Å². The van der Waals surface area contributed by atoms with Crippen LogP contribution in [0.1, 0.15) is 47.9 Å². The standard InChI is InChI=1S/C27H38N6O5.C27H36N6O4/c28-10-12-33(13-11-29)25(34)17-21(30)26(35)32-22(8-6-19-4-2-1-3-5-19)27(36)31-18-20-7-9-23-24(16-20)38-15-14-37-23;28-11-13-33(14-12-29)25(34)17-22(30)26(35)32-23(8-6-19-4-2-1-3-5-19)27(36)31-18-20-7-9-24-21(16-20)10-15-37-24/h1-5,7,9,16,21-22H,6,8,10-15,17-18,28-30H2,(H,31,36)(H,32,35);1-5,7,9-10,15-16,22-23H,6,8,11-14,17-18,28-30H2,(H,31,36)(H,32,35). The Morgan fingerprint density at radius 2 is 0.947 bits per heavy atom. The highest BCUT2D eigenvalue weighted by Gasteiger charge is 2.28. The third-order valence-corrected chi connectivity index (χ3v) is 12.2. The largest absolute Gasteiger partial charge is 0.486 e. The number of ether oxygens (including phenoxy) is 2. The molecule has 404 valence electrons. The molecule has 21 heteroatoms. The normalized spacial score (nSPS) is 13.2. The lowest BCUT2D eigenvalue weighted by Gasteiger charge is -2.24. The SMILES string of the molecule is NCCN(CCN)C(=O)CC(N)C(=O)NC(CCc1ccccc1)C(=O)NCc1ccc2c(c1)OCCO2.NCCN(CCN)C(=O)CC(N)C(=O)NC(CCc1ccccc1)C(=O)NCc1ccc2occc2c1. The molecule has 4 atom stereocenters. The summed E-state index contributed by atoms with van der Waals surface area (Å²) in [5.41, 5.74) is 38.9. The summed E-state index contributed by atoms with van der Waals surface area (Å²) in [5.74, 6) is -1.15. The van der Waals surface area contributed by atoms with E-state index >= 15 is 0 Å². The molecule has 21 nitrogen and oxygen atoms in total. The van der Waals surface area contributed by atoms with E-state index in [-0.39, 0.29) is 75.7 Å². The van der Waals surface area contributed by atoms with Crippen molar-refractivity contribution < 1.29 is 42.7 Å². The quantitative estimate of drug-likeness (QED) is 0.0322. The molecule has 6 amide bonds. The van der Waals surface area contributed by atoms with Gasteiger partial charge in [-0.3, -0.25) is 28.8 Å². The molecule has 1 aromatic heterocycles. The molecule has 75 heavy (non-hydrogen) atoms. The minimum atomic E-state index is -1.12. The van der Waals surface area contributed by atoms with E-state index in [1.54, 1.807) is 12.3 Å². The van der Waals surface area contributed by atoms with Gasteiger partial charge in [-0.05, 0) is 78.3 Å². The number of hydrogen-bond donors (Lipinski definition) is 10. The summed E-state index contributed by atoms with van der Waals surface area (Å²) in [7, 11) is 0. The fourth-order valence-electron chi connectivity index (χ4n) is 8.12. The zero-order chi connectivity index (χ0) is 54.0. The van der Waals surface area contributed by atoms with Gasteiger partial charge in [0.15, 0.2) is 11.5 Å². The fourth-order valence-corrected chi connectivity index (χ4v) is 8.12. The van der Waals surface area contributed by atoms with Crippen molar-refractivity contribution >= 4 is 46.4 Å². The first-order valence-electron chi connectivity index (χ1n) is 25.3. The highest BCUT2D eigenvalue weighted by atomic mass is 16.6. The molecule has 2 heterocycles. The Hall–Kier alpha value is -7.40. The van der Waals surface area contributed by atoms with Crippen molar-refractivity contribution in [3.63, 3.8) is 0 Å². The topological polar surface area (TPSA) is 345 Å². The van der Waals surface area contributed by atoms with Gasteiger partial charge in [0.05, 0.1) is 31.2 Å². The van der Waals surface area contributed by atoms with Crippen LogP contribution < -0.4 is 65.1 Å². The van der Waals surface area contributed by atoms with Crippen LogP contribution in [0, 0.1) is 0 Å². The third-order valence-electron chi connectivity index (χ3n) is 12.2. The van der Waals surface area contributed by atoms with E-state index in [9.17, 15) is 28.8 Å². The monoisotopic (exact) mass is 1030 g/mol. The molecular formula is C54H74N12O9. The fraction of sp³-hybridized carbons (Fsp3) is 0.407. The van der Waals surface area contributed by atoms with Gasteiger partial charge in [0.25, 0.3) is 0 Å². The summed E-state index contributed by atoms with van der Waals surface area (Å²) >= 11 is 0. The predicted octanol–water partition coefficient (Wildman–Crippen LogP) is 0.285. The summed E-state index contributed by atoms with van der Waals surface area (Å²) in [6.07, 6.45) is 3.07. The summed E-state index contributed by atoms with van der Waals surface area (Å²) in [5, 5.41) is 12.2. The van der Waals surface area contributed by atoms with Gasteiger partial charge in [-0.2, -0.15) is 0 Å². The summed E-state index contributed by atoms with van der Waals surface area (Å²) in [6.45, 7) is 3.92. The van der Waals surface area contributed by atoms with Crippen LogP contribution in [-0.2, 0) is 54.7 Å². The van der Waals surface area contributed by atoms with Crippen LogP contribution in [0.2, 0.25) is 0 Å². The molecule has 5 aromatic rings. The molecule has 4 unspecified atom stereocenters. The second-order valence-corrected chi connectivity index (χ2v) is 17.9. The number of benzene rings is 4. The van der Waals surface area contributed by atoms with Crippen LogP contribution in [0.3, 0.4) is 0 Å². The van der Waals surface area contributed by atoms with Gasteiger partial charge in [-0.25, -0.2) is 0 Å². The average Bonchev–Trinajstić information content (AvgIpc) is 3.90. The van der Waals surface area contributed by atoms with E-state index in [1.807, 2.05) is 97.1 Å². The van der Waals surface area contributed by atoms with Crippen molar-refractivity contribution in [2.75, 3.05) is 65.6 Å². The Bertz CT molecular complexity index is 2570. The number of carbonyl (C=O) groups is 6.